The van der Waals surface area contributed by atoms with Gasteiger partial charge in [-0.15, -0.1) is 0 Å². The molecule has 0 aromatic carbocycles. The minimum Gasteiger partial charge on any atom is -0.347 e. The van der Waals surface area contributed by atoms with Crippen molar-refractivity contribution in [2.75, 3.05) is 26.4 Å². The molecular formula is C23H50NO+. The molecule has 1 N–H and O–H groups in total. The maximum absolute atomic E-state index is 9.57. The van der Waals surface area contributed by atoms with Crippen LogP contribution in [0.25, 0.3) is 0 Å². The Bertz CT molecular complexity index is 242. The topological polar surface area (TPSA) is 20.2 Å². The molecule has 0 aromatic heterocycles. The van der Waals surface area contributed by atoms with E-state index in [0.717, 1.165) is 24.1 Å². The number of unbranched alkanes of at least 4 members (excludes halogenated alkanes) is 15. The van der Waals surface area contributed by atoms with E-state index in [9.17, 15) is 5.11 Å². The van der Waals surface area contributed by atoms with Crippen LogP contribution >= 0.6 is 0 Å². The quantitative estimate of drug-likeness (QED) is 0.141. The average Bonchev–Trinajstić information content (AvgIpc) is 2.65. The molecule has 0 atom stereocenters. The minimum absolute atomic E-state index is 0.311. The van der Waals surface area contributed by atoms with Crippen molar-refractivity contribution in [3.05, 3.63) is 0 Å². The van der Waals surface area contributed by atoms with Gasteiger partial charge >= 0.3 is 0 Å². The van der Waals surface area contributed by atoms with Crippen molar-refractivity contribution >= 4 is 0 Å². The van der Waals surface area contributed by atoms with Crippen LogP contribution in [0.1, 0.15) is 124 Å². The van der Waals surface area contributed by atoms with Crippen LogP contribution < -0.4 is 0 Å². The van der Waals surface area contributed by atoms with Gasteiger partial charge in [0, 0.05) is 0 Å². The molecule has 0 radical (unpaired) electrons. The van der Waals surface area contributed by atoms with E-state index in [-0.39, 0.29) is 0 Å². The normalized spacial score (nSPS) is 12.0. The van der Waals surface area contributed by atoms with Crippen molar-refractivity contribution in [2.45, 2.75) is 124 Å². The highest BCUT2D eigenvalue weighted by molar-refractivity contribution is 4.50. The van der Waals surface area contributed by atoms with Crippen LogP contribution in [0.5, 0.6) is 0 Å². The Morgan fingerprint density at radius 1 is 0.480 bits per heavy atom. The maximum Gasteiger partial charge on any atom is 0.180 e. The summed E-state index contributed by atoms with van der Waals surface area (Å²) in [6.45, 7) is 10.3. The molecule has 2 heteroatoms. The second-order valence-corrected chi connectivity index (χ2v) is 8.14. The fourth-order valence-electron chi connectivity index (χ4n) is 3.81. The first kappa shape index (κ1) is 24.9. The van der Waals surface area contributed by atoms with Gasteiger partial charge in [0.25, 0.3) is 0 Å². The fraction of sp³-hybridized carbons (Fsp3) is 1.00. The van der Waals surface area contributed by atoms with Crippen LogP contribution in [-0.2, 0) is 0 Å². The van der Waals surface area contributed by atoms with E-state index < -0.39 is 0 Å². The van der Waals surface area contributed by atoms with Gasteiger partial charge in [0.15, 0.2) is 6.73 Å². The fourth-order valence-corrected chi connectivity index (χ4v) is 3.81. The van der Waals surface area contributed by atoms with E-state index in [1.165, 1.54) is 103 Å². The molecule has 0 fully saturated rings. The van der Waals surface area contributed by atoms with Gasteiger partial charge in [-0.25, -0.2) is 0 Å². The van der Waals surface area contributed by atoms with E-state index in [2.05, 4.69) is 20.8 Å². The van der Waals surface area contributed by atoms with Gasteiger partial charge in [-0.2, -0.15) is 0 Å². The number of hydrogen-bond acceptors (Lipinski definition) is 1. The van der Waals surface area contributed by atoms with Gasteiger partial charge in [-0.3, -0.25) is 0 Å². The SMILES string of the molecule is CCCCCCCCCCCCCCCCCC[N+](CC)(CC)CO. The zero-order valence-electron chi connectivity index (χ0n) is 18.0. The molecule has 2 nitrogen and oxygen atoms in total. The van der Waals surface area contributed by atoms with Crippen molar-refractivity contribution in [2.24, 2.45) is 0 Å². The molecular weight excluding hydrogens is 306 g/mol. The second-order valence-electron chi connectivity index (χ2n) is 8.14. The molecule has 0 aromatic rings. The summed E-state index contributed by atoms with van der Waals surface area (Å²) in [5.74, 6) is 0. The Hall–Kier alpha value is -0.0800. The molecule has 0 heterocycles. The van der Waals surface area contributed by atoms with Crippen molar-refractivity contribution in [3.8, 4) is 0 Å². The number of aliphatic hydroxyl groups excluding tert-OH is 1. The Morgan fingerprint density at radius 2 is 0.800 bits per heavy atom. The molecule has 25 heavy (non-hydrogen) atoms. The van der Waals surface area contributed by atoms with Gasteiger partial charge in [-0.05, 0) is 26.7 Å². The monoisotopic (exact) mass is 356 g/mol. The summed E-state index contributed by atoms with van der Waals surface area (Å²) < 4.78 is 0.888. The molecule has 0 saturated heterocycles. The van der Waals surface area contributed by atoms with Gasteiger partial charge in [0.05, 0.1) is 19.6 Å². The lowest BCUT2D eigenvalue weighted by Crippen LogP contribution is -2.49. The molecule has 0 saturated carbocycles. The largest absolute Gasteiger partial charge is 0.347 e. The zero-order valence-corrected chi connectivity index (χ0v) is 18.0. The summed E-state index contributed by atoms with van der Waals surface area (Å²) >= 11 is 0. The first-order valence-corrected chi connectivity index (χ1v) is 11.7. The first-order chi connectivity index (χ1) is 12.2. The van der Waals surface area contributed by atoms with Crippen molar-refractivity contribution in [1.82, 2.24) is 0 Å². The molecule has 0 rings (SSSR count). The van der Waals surface area contributed by atoms with E-state index >= 15 is 0 Å². The van der Waals surface area contributed by atoms with Crippen LogP contribution in [0.3, 0.4) is 0 Å². The number of aliphatic hydroxyl groups is 1. The van der Waals surface area contributed by atoms with Gasteiger partial charge in [0.1, 0.15) is 0 Å². The highest BCUT2D eigenvalue weighted by Gasteiger charge is 2.20. The lowest BCUT2D eigenvalue weighted by molar-refractivity contribution is -0.942. The number of nitrogens with zero attached hydrogens (tertiary/aromatic N) is 1. The number of hydrogen-bond donors (Lipinski definition) is 1. The van der Waals surface area contributed by atoms with Crippen LogP contribution in [0.4, 0.5) is 0 Å². The summed E-state index contributed by atoms with van der Waals surface area (Å²) in [7, 11) is 0. The predicted molar refractivity (Wildman–Crippen MR) is 113 cm³/mol. The molecule has 152 valence electrons. The van der Waals surface area contributed by atoms with Gasteiger partial charge < -0.3 is 9.59 Å². The van der Waals surface area contributed by atoms with Crippen LogP contribution in [0.2, 0.25) is 0 Å². The van der Waals surface area contributed by atoms with Crippen LogP contribution in [0, 0.1) is 0 Å². The molecule has 0 spiro atoms. The molecule has 0 bridgehead atoms. The average molecular weight is 357 g/mol. The van der Waals surface area contributed by atoms with Gasteiger partial charge in [0.2, 0.25) is 0 Å². The van der Waals surface area contributed by atoms with Crippen LogP contribution in [-0.4, -0.2) is 36.0 Å². The van der Waals surface area contributed by atoms with E-state index in [4.69, 9.17) is 0 Å². The number of rotatable bonds is 20. The summed E-state index contributed by atoms with van der Waals surface area (Å²) in [6, 6.07) is 0. The molecule has 0 aliphatic heterocycles. The van der Waals surface area contributed by atoms with Crippen molar-refractivity contribution in [3.63, 3.8) is 0 Å². The number of quaternary nitrogens is 1. The minimum atomic E-state index is 0.311. The van der Waals surface area contributed by atoms with Crippen LogP contribution in [0.15, 0.2) is 0 Å². The zero-order chi connectivity index (χ0) is 18.6. The molecule has 0 aliphatic carbocycles. The smallest absolute Gasteiger partial charge is 0.180 e. The second kappa shape index (κ2) is 18.7. The Labute approximate surface area is 160 Å². The van der Waals surface area contributed by atoms with Gasteiger partial charge in [-0.1, -0.05) is 96.8 Å². The summed E-state index contributed by atoms with van der Waals surface area (Å²) in [4.78, 5) is 0. The first-order valence-electron chi connectivity index (χ1n) is 11.7. The lowest BCUT2D eigenvalue weighted by Gasteiger charge is -2.34. The molecule has 0 unspecified atom stereocenters. The van der Waals surface area contributed by atoms with Crippen molar-refractivity contribution in [1.29, 1.82) is 0 Å². The van der Waals surface area contributed by atoms with E-state index in [0.29, 0.717) is 6.73 Å². The Morgan fingerprint density at radius 3 is 1.08 bits per heavy atom. The molecule has 0 aliphatic rings. The Balaban J connectivity index is 3.21. The highest BCUT2D eigenvalue weighted by Crippen LogP contribution is 2.14. The van der Waals surface area contributed by atoms with Crippen molar-refractivity contribution < 1.29 is 9.59 Å². The van der Waals surface area contributed by atoms with E-state index in [1.807, 2.05) is 0 Å². The van der Waals surface area contributed by atoms with E-state index in [1.54, 1.807) is 0 Å². The maximum atomic E-state index is 9.57. The standard InChI is InChI=1S/C23H50NO/c1-4-7-8-9-10-11-12-13-14-15-16-17-18-19-20-21-22-24(5-2,6-3)23-25/h25H,4-23H2,1-3H3/q+1. The third-order valence-electron chi connectivity index (χ3n) is 6.13. The predicted octanol–water partition coefficient (Wildman–Crippen LogP) is 7.05. The summed E-state index contributed by atoms with van der Waals surface area (Å²) in [5.41, 5.74) is 0. The molecule has 0 amide bonds. The lowest BCUT2D eigenvalue weighted by atomic mass is 10.0. The summed E-state index contributed by atoms with van der Waals surface area (Å²) in [6.07, 6.45) is 22.8. The summed E-state index contributed by atoms with van der Waals surface area (Å²) in [5, 5.41) is 9.57. The third kappa shape index (κ3) is 14.7. The third-order valence-corrected chi connectivity index (χ3v) is 6.13. The highest BCUT2D eigenvalue weighted by atomic mass is 16.3. The Kier molecular flexibility index (Phi) is 18.6.